The van der Waals surface area contributed by atoms with Crippen molar-refractivity contribution in [2.75, 3.05) is 20.3 Å². The molecule has 0 radical (unpaired) electrons. The number of esters is 1. The number of rotatable bonds is 7. The molecule has 0 aliphatic carbocycles. The van der Waals surface area contributed by atoms with Crippen LogP contribution in [0.5, 0.6) is 5.75 Å². The number of hydrogen-bond donors (Lipinski definition) is 0. The zero-order chi connectivity index (χ0) is 22.4. The molecule has 0 bridgehead atoms. The Morgan fingerprint density at radius 1 is 1.19 bits per heavy atom. The molecule has 1 amide bonds. The van der Waals surface area contributed by atoms with Crippen LogP contribution in [0.2, 0.25) is 5.02 Å². The van der Waals surface area contributed by atoms with Crippen LogP contribution in [0, 0.1) is 5.92 Å². The average molecular weight is 459 g/mol. The van der Waals surface area contributed by atoms with Crippen molar-refractivity contribution >= 4 is 52.2 Å². The first kappa shape index (κ1) is 22.9. The fourth-order valence-electron chi connectivity index (χ4n) is 2.81. The number of carbonyl (C=O) groups excluding carboxylic acids is 2. The summed E-state index contributed by atoms with van der Waals surface area (Å²) in [5.74, 6) is 0.172. The minimum atomic E-state index is -0.478. The number of nitrogens with zero attached hydrogens (tertiary/aromatic N) is 2. The van der Waals surface area contributed by atoms with Crippen molar-refractivity contribution in [3.8, 4) is 5.75 Å². The lowest BCUT2D eigenvalue weighted by Crippen LogP contribution is -2.32. The third kappa shape index (κ3) is 6.12. The van der Waals surface area contributed by atoms with Crippen molar-refractivity contribution in [3.63, 3.8) is 0 Å². The lowest BCUT2D eigenvalue weighted by atomic mass is 10.1. The van der Waals surface area contributed by atoms with E-state index in [0.717, 1.165) is 5.69 Å². The molecule has 0 atom stereocenters. The van der Waals surface area contributed by atoms with Crippen molar-refractivity contribution in [2.24, 2.45) is 10.9 Å². The molecule has 1 fully saturated rings. The molecule has 0 saturated carbocycles. The maximum atomic E-state index is 13.1. The molecule has 6 nitrogen and oxygen atoms in total. The highest BCUT2D eigenvalue weighted by atomic mass is 35.5. The predicted octanol–water partition coefficient (Wildman–Crippen LogP) is 5.15. The molecule has 162 valence electrons. The van der Waals surface area contributed by atoms with E-state index in [-0.39, 0.29) is 18.4 Å². The van der Waals surface area contributed by atoms with E-state index in [1.54, 1.807) is 35.2 Å². The summed E-state index contributed by atoms with van der Waals surface area (Å²) < 4.78 is 10.2. The fraction of sp³-hybridized carbons (Fsp3) is 0.261. The Balaban J connectivity index is 1.91. The van der Waals surface area contributed by atoms with Gasteiger partial charge in [0.1, 0.15) is 5.75 Å². The summed E-state index contributed by atoms with van der Waals surface area (Å²) in [6.07, 6.45) is 1.76. The molecule has 0 unspecified atom stereocenters. The Labute approximate surface area is 190 Å². The second-order valence-corrected chi connectivity index (χ2v) is 8.64. The van der Waals surface area contributed by atoms with Crippen LogP contribution in [0.25, 0.3) is 6.08 Å². The monoisotopic (exact) mass is 458 g/mol. The number of aliphatic imine (C=N–C) groups is 1. The number of carbonyl (C=O) groups is 2. The number of thioether (sulfide) groups is 1. The predicted molar refractivity (Wildman–Crippen MR) is 125 cm³/mol. The maximum Gasteiger partial charge on any atom is 0.343 e. The van der Waals surface area contributed by atoms with Crippen molar-refractivity contribution in [1.29, 1.82) is 0 Å². The lowest BCUT2D eigenvalue weighted by molar-refractivity contribution is -0.142. The van der Waals surface area contributed by atoms with Gasteiger partial charge in [0.05, 0.1) is 17.7 Å². The SMILES string of the molecule is COC(=O)COc1ccccc1/C=C1\SC(=Nc2ccc(Cl)cc2)N(CC(C)C)C1=O. The second kappa shape index (κ2) is 10.5. The van der Waals surface area contributed by atoms with Crippen LogP contribution in [0.1, 0.15) is 19.4 Å². The van der Waals surface area contributed by atoms with E-state index < -0.39 is 5.97 Å². The van der Waals surface area contributed by atoms with Crippen LogP contribution in [0.15, 0.2) is 58.4 Å². The van der Waals surface area contributed by atoms with Crippen LogP contribution < -0.4 is 4.74 Å². The molecule has 1 aliphatic heterocycles. The van der Waals surface area contributed by atoms with Gasteiger partial charge < -0.3 is 9.47 Å². The molecule has 1 saturated heterocycles. The number of methoxy groups -OCH3 is 1. The Morgan fingerprint density at radius 2 is 1.90 bits per heavy atom. The first-order valence-corrected chi connectivity index (χ1v) is 10.9. The van der Waals surface area contributed by atoms with Crippen molar-refractivity contribution in [2.45, 2.75) is 13.8 Å². The molecule has 0 spiro atoms. The van der Waals surface area contributed by atoms with Gasteiger partial charge in [-0.05, 0) is 54.1 Å². The van der Waals surface area contributed by atoms with Crippen molar-refractivity contribution < 1.29 is 19.1 Å². The number of halogens is 1. The summed E-state index contributed by atoms with van der Waals surface area (Å²) in [5, 5.41) is 1.24. The maximum absolute atomic E-state index is 13.1. The van der Waals surface area contributed by atoms with Crippen LogP contribution in [-0.4, -0.2) is 42.2 Å². The number of amidine groups is 1. The fourth-order valence-corrected chi connectivity index (χ4v) is 3.94. The van der Waals surface area contributed by atoms with E-state index in [4.69, 9.17) is 16.3 Å². The molecule has 31 heavy (non-hydrogen) atoms. The summed E-state index contributed by atoms with van der Waals surface area (Å²) in [4.78, 5) is 31.4. The second-order valence-electron chi connectivity index (χ2n) is 7.19. The first-order chi connectivity index (χ1) is 14.9. The minimum Gasteiger partial charge on any atom is -0.481 e. The molecule has 1 aliphatic rings. The number of para-hydroxylation sites is 1. The third-order valence-corrected chi connectivity index (χ3v) is 5.52. The quantitative estimate of drug-likeness (QED) is 0.424. The van der Waals surface area contributed by atoms with Gasteiger partial charge in [0.2, 0.25) is 0 Å². The number of hydrogen-bond acceptors (Lipinski definition) is 6. The molecule has 3 rings (SSSR count). The Morgan fingerprint density at radius 3 is 2.58 bits per heavy atom. The topological polar surface area (TPSA) is 68.2 Å². The van der Waals surface area contributed by atoms with E-state index >= 15 is 0 Å². The Bertz CT molecular complexity index is 1020. The highest BCUT2D eigenvalue weighted by Crippen LogP contribution is 2.36. The van der Waals surface area contributed by atoms with Crippen LogP contribution in [0.3, 0.4) is 0 Å². The first-order valence-electron chi connectivity index (χ1n) is 9.71. The van der Waals surface area contributed by atoms with Gasteiger partial charge in [0, 0.05) is 17.1 Å². The molecule has 0 aromatic heterocycles. The summed E-state index contributed by atoms with van der Waals surface area (Å²) >= 11 is 7.27. The highest BCUT2D eigenvalue weighted by molar-refractivity contribution is 8.18. The van der Waals surface area contributed by atoms with Crippen LogP contribution in [-0.2, 0) is 14.3 Å². The largest absolute Gasteiger partial charge is 0.481 e. The summed E-state index contributed by atoms with van der Waals surface area (Å²) in [5.41, 5.74) is 1.41. The third-order valence-electron chi connectivity index (χ3n) is 4.27. The zero-order valence-corrected chi connectivity index (χ0v) is 19.1. The van der Waals surface area contributed by atoms with E-state index in [1.807, 2.05) is 24.3 Å². The summed E-state index contributed by atoms with van der Waals surface area (Å²) in [7, 11) is 1.30. The molecule has 8 heteroatoms. The van der Waals surface area contributed by atoms with Gasteiger partial charge in [-0.25, -0.2) is 9.79 Å². The molecule has 2 aromatic carbocycles. The van der Waals surface area contributed by atoms with Crippen molar-refractivity contribution in [3.05, 3.63) is 64.0 Å². The standard InChI is InChI=1S/C23H23ClN2O4S/c1-15(2)13-26-22(28)20(31-23(26)25-18-10-8-17(24)9-11-18)12-16-6-4-5-7-19(16)30-14-21(27)29-3/h4-12,15H,13-14H2,1-3H3/b20-12-,25-23?. The van der Waals surface area contributed by atoms with Gasteiger partial charge >= 0.3 is 5.97 Å². The van der Waals surface area contributed by atoms with E-state index in [1.165, 1.54) is 18.9 Å². The van der Waals surface area contributed by atoms with Gasteiger partial charge in [-0.15, -0.1) is 0 Å². The molecular weight excluding hydrogens is 436 g/mol. The smallest absolute Gasteiger partial charge is 0.343 e. The minimum absolute atomic E-state index is 0.116. The molecule has 1 heterocycles. The molecule has 2 aromatic rings. The average Bonchev–Trinajstić information content (AvgIpc) is 3.02. The van der Waals surface area contributed by atoms with E-state index in [2.05, 4.69) is 23.6 Å². The molecule has 0 N–H and O–H groups in total. The van der Waals surface area contributed by atoms with Crippen LogP contribution >= 0.6 is 23.4 Å². The lowest BCUT2D eigenvalue weighted by Gasteiger charge is -2.17. The Hall–Kier alpha value is -2.77. The Kier molecular flexibility index (Phi) is 7.76. The van der Waals surface area contributed by atoms with Gasteiger partial charge in [0.25, 0.3) is 5.91 Å². The van der Waals surface area contributed by atoms with E-state index in [0.29, 0.717) is 33.0 Å². The summed E-state index contributed by atoms with van der Waals surface area (Å²) in [6.45, 7) is 4.45. The highest BCUT2D eigenvalue weighted by Gasteiger charge is 2.34. The van der Waals surface area contributed by atoms with Crippen molar-refractivity contribution in [1.82, 2.24) is 4.90 Å². The van der Waals surface area contributed by atoms with Crippen LogP contribution in [0.4, 0.5) is 5.69 Å². The number of amides is 1. The number of benzene rings is 2. The van der Waals surface area contributed by atoms with Gasteiger partial charge in [-0.2, -0.15) is 0 Å². The van der Waals surface area contributed by atoms with Gasteiger partial charge in [0.15, 0.2) is 11.8 Å². The normalized spacial score (nSPS) is 16.4. The molecular formula is C23H23ClN2O4S. The van der Waals surface area contributed by atoms with E-state index in [9.17, 15) is 9.59 Å². The zero-order valence-electron chi connectivity index (χ0n) is 17.5. The number of ether oxygens (including phenoxy) is 2. The van der Waals surface area contributed by atoms with Gasteiger partial charge in [-0.3, -0.25) is 9.69 Å². The van der Waals surface area contributed by atoms with Gasteiger partial charge in [-0.1, -0.05) is 43.6 Å². The summed E-state index contributed by atoms with van der Waals surface area (Å²) in [6, 6.07) is 14.4.